The van der Waals surface area contributed by atoms with Crippen LogP contribution < -0.4 is 0 Å². The molecule has 6 nitrogen and oxygen atoms in total. The van der Waals surface area contributed by atoms with E-state index in [2.05, 4.69) is 93.7 Å². The van der Waals surface area contributed by atoms with E-state index in [0.717, 1.165) is 116 Å². The summed E-state index contributed by atoms with van der Waals surface area (Å²) in [6, 6.07) is 0. The SMILES string of the molecule is CC/C=C\C/C=C\C/C=C\CCCCCCCCC(=O)OC(COC(=O)CCCCC/C=C\CCCCCCCC)COC(=O)CCCCCCCCC/C=C\C/C=C\CCCCC. The minimum atomic E-state index is -0.791. The van der Waals surface area contributed by atoms with Crippen LogP contribution in [0.5, 0.6) is 0 Å². The van der Waals surface area contributed by atoms with Crippen molar-refractivity contribution in [2.75, 3.05) is 13.2 Å². The molecule has 0 saturated heterocycles. The molecular formula is C58H100O6. The van der Waals surface area contributed by atoms with Gasteiger partial charge in [0.05, 0.1) is 0 Å². The van der Waals surface area contributed by atoms with E-state index in [4.69, 9.17) is 14.2 Å². The van der Waals surface area contributed by atoms with Crippen molar-refractivity contribution < 1.29 is 28.6 Å². The molecule has 0 fully saturated rings. The van der Waals surface area contributed by atoms with E-state index in [1.54, 1.807) is 0 Å². The van der Waals surface area contributed by atoms with E-state index in [1.165, 1.54) is 103 Å². The van der Waals surface area contributed by atoms with Gasteiger partial charge >= 0.3 is 17.9 Å². The van der Waals surface area contributed by atoms with E-state index in [9.17, 15) is 14.4 Å². The number of rotatable bonds is 48. The Morgan fingerprint density at radius 3 is 1.02 bits per heavy atom. The first-order valence-electron chi connectivity index (χ1n) is 26.9. The second-order valence-electron chi connectivity index (χ2n) is 17.7. The second kappa shape index (κ2) is 52.5. The topological polar surface area (TPSA) is 78.9 Å². The quantitative estimate of drug-likeness (QED) is 0.0262. The van der Waals surface area contributed by atoms with Crippen LogP contribution in [0.3, 0.4) is 0 Å². The van der Waals surface area contributed by atoms with Crippen LogP contribution in [-0.4, -0.2) is 37.2 Å². The molecule has 1 unspecified atom stereocenters. The molecule has 0 radical (unpaired) electrons. The van der Waals surface area contributed by atoms with Crippen LogP contribution in [0.25, 0.3) is 0 Å². The lowest BCUT2D eigenvalue weighted by atomic mass is 10.1. The standard InChI is InChI=1S/C58H100O6/c1-4-7-10-13-16-19-22-25-27-29-31-33-36-39-42-45-48-51-57(60)63-54-55(53-62-56(59)50-47-44-41-38-35-32-24-21-18-15-12-9-6-3)64-58(61)52-49-46-43-40-37-34-30-28-26-23-20-17-14-11-8-5-2/h8,11,16-17,19-20,25-28,32,35,55H,4-7,9-10,12-15,18,21-24,29-31,33-34,36-54H2,1-3H3/b11-8-,19-16-,20-17-,27-25-,28-26-,35-32-. The van der Waals surface area contributed by atoms with Gasteiger partial charge in [0, 0.05) is 19.3 Å². The smallest absolute Gasteiger partial charge is 0.306 e. The predicted molar refractivity (Wildman–Crippen MR) is 274 cm³/mol. The highest BCUT2D eigenvalue weighted by atomic mass is 16.6. The lowest BCUT2D eigenvalue weighted by Crippen LogP contribution is -2.30. The summed E-state index contributed by atoms with van der Waals surface area (Å²) in [5.74, 6) is -0.923. The third kappa shape index (κ3) is 49.9. The number of hydrogen-bond acceptors (Lipinski definition) is 6. The number of ether oxygens (including phenoxy) is 3. The number of unbranched alkanes of at least 4 members (excludes halogenated alkanes) is 25. The zero-order valence-corrected chi connectivity index (χ0v) is 42.0. The minimum Gasteiger partial charge on any atom is -0.462 e. The summed E-state index contributed by atoms with van der Waals surface area (Å²) >= 11 is 0. The maximum Gasteiger partial charge on any atom is 0.306 e. The van der Waals surface area contributed by atoms with E-state index in [-0.39, 0.29) is 31.1 Å². The Labute approximate surface area is 395 Å². The van der Waals surface area contributed by atoms with Crippen LogP contribution >= 0.6 is 0 Å². The average Bonchev–Trinajstić information content (AvgIpc) is 3.29. The number of carbonyl (C=O) groups is 3. The van der Waals surface area contributed by atoms with Crippen molar-refractivity contribution >= 4 is 17.9 Å². The van der Waals surface area contributed by atoms with Crippen LogP contribution in [0.1, 0.15) is 258 Å². The van der Waals surface area contributed by atoms with Crippen LogP contribution in [0.2, 0.25) is 0 Å². The third-order valence-electron chi connectivity index (χ3n) is 11.4. The van der Waals surface area contributed by atoms with Crippen molar-refractivity contribution in [3.63, 3.8) is 0 Å². The summed E-state index contributed by atoms with van der Waals surface area (Å²) in [6.07, 6.45) is 65.9. The van der Waals surface area contributed by atoms with Crippen molar-refractivity contribution in [2.24, 2.45) is 0 Å². The molecular weight excluding hydrogens is 793 g/mol. The monoisotopic (exact) mass is 893 g/mol. The minimum absolute atomic E-state index is 0.0896. The van der Waals surface area contributed by atoms with Crippen molar-refractivity contribution in [3.05, 3.63) is 72.9 Å². The normalized spacial score (nSPS) is 12.6. The number of allylic oxidation sites excluding steroid dienone is 12. The van der Waals surface area contributed by atoms with Gasteiger partial charge in [0.1, 0.15) is 13.2 Å². The summed E-state index contributed by atoms with van der Waals surface area (Å²) < 4.78 is 16.8. The first-order chi connectivity index (χ1) is 31.5. The third-order valence-corrected chi connectivity index (χ3v) is 11.4. The maximum atomic E-state index is 12.8. The Bertz CT molecular complexity index is 1210. The lowest BCUT2D eigenvalue weighted by molar-refractivity contribution is -0.167. The van der Waals surface area contributed by atoms with Crippen LogP contribution in [0.4, 0.5) is 0 Å². The molecule has 0 amide bonds. The molecule has 0 N–H and O–H groups in total. The van der Waals surface area contributed by atoms with Crippen molar-refractivity contribution in [2.45, 2.75) is 264 Å². The Hall–Kier alpha value is -3.15. The molecule has 6 heteroatoms. The molecule has 1 atom stereocenters. The van der Waals surface area contributed by atoms with Gasteiger partial charge in [0.2, 0.25) is 0 Å². The summed E-state index contributed by atoms with van der Waals surface area (Å²) in [6.45, 7) is 6.47. The van der Waals surface area contributed by atoms with Gasteiger partial charge in [-0.2, -0.15) is 0 Å². The fourth-order valence-corrected chi connectivity index (χ4v) is 7.36. The van der Waals surface area contributed by atoms with Crippen molar-refractivity contribution in [1.29, 1.82) is 0 Å². The van der Waals surface area contributed by atoms with Gasteiger partial charge in [-0.15, -0.1) is 0 Å². The number of hydrogen-bond donors (Lipinski definition) is 0. The highest BCUT2D eigenvalue weighted by molar-refractivity contribution is 5.71. The molecule has 0 saturated carbocycles. The second-order valence-corrected chi connectivity index (χ2v) is 17.7. The Morgan fingerprint density at radius 2 is 0.609 bits per heavy atom. The molecule has 0 aromatic carbocycles. The zero-order valence-electron chi connectivity index (χ0n) is 42.0. The van der Waals surface area contributed by atoms with Gasteiger partial charge in [0.25, 0.3) is 0 Å². The Morgan fingerprint density at radius 1 is 0.328 bits per heavy atom. The first kappa shape index (κ1) is 60.9. The first-order valence-corrected chi connectivity index (χ1v) is 26.9. The van der Waals surface area contributed by atoms with E-state index in [1.807, 2.05) is 0 Å². The number of carbonyl (C=O) groups excluding carboxylic acids is 3. The fraction of sp³-hybridized carbons (Fsp3) is 0.741. The largest absolute Gasteiger partial charge is 0.462 e. The van der Waals surface area contributed by atoms with Crippen LogP contribution in [-0.2, 0) is 28.6 Å². The van der Waals surface area contributed by atoms with Gasteiger partial charge in [-0.05, 0) is 109 Å². The van der Waals surface area contributed by atoms with E-state index >= 15 is 0 Å². The molecule has 0 bridgehead atoms. The zero-order chi connectivity index (χ0) is 46.5. The highest BCUT2D eigenvalue weighted by Gasteiger charge is 2.19. The summed E-state index contributed by atoms with van der Waals surface area (Å²) in [4.78, 5) is 38.0. The Balaban J connectivity index is 4.43. The summed E-state index contributed by atoms with van der Waals surface area (Å²) in [7, 11) is 0. The molecule has 64 heavy (non-hydrogen) atoms. The van der Waals surface area contributed by atoms with E-state index in [0.29, 0.717) is 19.3 Å². The molecule has 0 aliphatic heterocycles. The predicted octanol–water partition coefficient (Wildman–Crippen LogP) is 17.8. The van der Waals surface area contributed by atoms with Crippen LogP contribution in [0, 0.1) is 0 Å². The van der Waals surface area contributed by atoms with Gasteiger partial charge in [-0.3, -0.25) is 14.4 Å². The fourth-order valence-electron chi connectivity index (χ4n) is 7.36. The van der Waals surface area contributed by atoms with Gasteiger partial charge in [0.15, 0.2) is 6.10 Å². The Kier molecular flexibility index (Phi) is 49.9. The molecule has 368 valence electrons. The lowest BCUT2D eigenvalue weighted by Gasteiger charge is -2.18. The van der Waals surface area contributed by atoms with E-state index < -0.39 is 6.10 Å². The maximum absolute atomic E-state index is 12.8. The molecule has 0 rings (SSSR count). The summed E-state index contributed by atoms with van der Waals surface area (Å²) in [5, 5.41) is 0. The van der Waals surface area contributed by atoms with Gasteiger partial charge in [-0.25, -0.2) is 0 Å². The van der Waals surface area contributed by atoms with Crippen molar-refractivity contribution in [3.8, 4) is 0 Å². The van der Waals surface area contributed by atoms with Gasteiger partial charge < -0.3 is 14.2 Å². The number of esters is 3. The molecule has 0 aromatic rings. The average molecular weight is 893 g/mol. The van der Waals surface area contributed by atoms with Gasteiger partial charge in [-0.1, -0.05) is 203 Å². The van der Waals surface area contributed by atoms with Crippen LogP contribution in [0.15, 0.2) is 72.9 Å². The summed E-state index contributed by atoms with van der Waals surface area (Å²) in [5.41, 5.74) is 0. The molecule has 0 spiro atoms. The highest BCUT2D eigenvalue weighted by Crippen LogP contribution is 2.14. The van der Waals surface area contributed by atoms with Crippen molar-refractivity contribution in [1.82, 2.24) is 0 Å². The molecule has 0 aliphatic rings. The molecule has 0 aliphatic carbocycles. The molecule has 0 heterocycles. The molecule has 0 aromatic heterocycles.